The van der Waals surface area contributed by atoms with Gasteiger partial charge in [-0.2, -0.15) is 5.10 Å². The molecule has 0 aliphatic heterocycles. The third-order valence-corrected chi connectivity index (χ3v) is 2.77. The van der Waals surface area contributed by atoms with Gasteiger partial charge in [0.2, 0.25) is 0 Å². The highest BCUT2D eigenvalue weighted by Gasteiger charge is 2.07. The summed E-state index contributed by atoms with van der Waals surface area (Å²) >= 11 is 0. The van der Waals surface area contributed by atoms with Gasteiger partial charge in [0.1, 0.15) is 5.52 Å². The number of fused-ring (bicyclic) bond motifs is 1. The molecule has 0 spiro atoms. The van der Waals surface area contributed by atoms with E-state index in [1.54, 1.807) is 12.3 Å². The Labute approximate surface area is 116 Å². The SMILES string of the molecule is CC.O=c1[nH]c(-c2ccccc2)cn2nc(CO)cc12. The van der Waals surface area contributed by atoms with Gasteiger partial charge in [0.05, 0.1) is 24.2 Å². The van der Waals surface area contributed by atoms with Crippen LogP contribution < -0.4 is 5.56 Å². The second-order valence-electron chi connectivity index (χ2n) is 3.99. The molecule has 0 radical (unpaired) electrons. The molecule has 3 aromatic rings. The second-order valence-corrected chi connectivity index (χ2v) is 3.99. The molecule has 0 saturated heterocycles. The maximum Gasteiger partial charge on any atom is 0.274 e. The molecule has 104 valence electrons. The average molecular weight is 271 g/mol. The molecule has 0 aliphatic rings. The minimum atomic E-state index is -0.219. The summed E-state index contributed by atoms with van der Waals surface area (Å²) in [6.07, 6.45) is 1.74. The molecule has 0 saturated carbocycles. The van der Waals surface area contributed by atoms with Crippen molar-refractivity contribution in [2.24, 2.45) is 0 Å². The summed E-state index contributed by atoms with van der Waals surface area (Å²) in [5.74, 6) is 0. The van der Waals surface area contributed by atoms with Crippen LogP contribution in [0, 0.1) is 0 Å². The Morgan fingerprint density at radius 1 is 1.25 bits per heavy atom. The van der Waals surface area contributed by atoms with Crippen molar-refractivity contribution in [2.75, 3.05) is 0 Å². The summed E-state index contributed by atoms with van der Waals surface area (Å²) in [5, 5.41) is 13.2. The van der Waals surface area contributed by atoms with Crippen LogP contribution in [0.3, 0.4) is 0 Å². The summed E-state index contributed by atoms with van der Waals surface area (Å²) < 4.78 is 1.49. The van der Waals surface area contributed by atoms with Crippen LogP contribution in [0.15, 0.2) is 47.4 Å². The smallest absolute Gasteiger partial charge is 0.274 e. The second kappa shape index (κ2) is 6.16. The lowest BCUT2D eigenvalue weighted by Gasteiger charge is -2.01. The van der Waals surface area contributed by atoms with Crippen molar-refractivity contribution in [1.29, 1.82) is 0 Å². The number of aliphatic hydroxyl groups is 1. The lowest BCUT2D eigenvalue weighted by molar-refractivity contribution is 0.276. The molecule has 0 bridgehead atoms. The van der Waals surface area contributed by atoms with E-state index in [0.29, 0.717) is 16.9 Å². The minimum Gasteiger partial charge on any atom is -0.390 e. The Bertz CT molecular complexity index is 745. The molecule has 2 aromatic heterocycles. The lowest BCUT2D eigenvalue weighted by Crippen LogP contribution is -2.10. The van der Waals surface area contributed by atoms with E-state index in [2.05, 4.69) is 10.1 Å². The van der Waals surface area contributed by atoms with Crippen molar-refractivity contribution in [2.45, 2.75) is 20.5 Å². The molecule has 0 fully saturated rings. The summed E-state index contributed by atoms with van der Waals surface area (Å²) in [6.45, 7) is 3.82. The summed E-state index contributed by atoms with van der Waals surface area (Å²) in [6, 6.07) is 11.1. The highest BCUT2D eigenvalue weighted by Crippen LogP contribution is 2.15. The molecule has 3 rings (SSSR count). The fourth-order valence-electron chi connectivity index (χ4n) is 1.90. The predicted octanol–water partition coefficient (Wildman–Crippen LogP) is 2.21. The number of hydrogen-bond donors (Lipinski definition) is 2. The van der Waals surface area contributed by atoms with Crippen molar-refractivity contribution in [3.05, 3.63) is 58.6 Å². The van der Waals surface area contributed by atoms with Crippen LogP contribution in [0.5, 0.6) is 0 Å². The number of nitrogens with one attached hydrogen (secondary N) is 1. The van der Waals surface area contributed by atoms with Gasteiger partial charge in [0.25, 0.3) is 5.56 Å². The maximum absolute atomic E-state index is 11.9. The molecule has 1 aromatic carbocycles. The van der Waals surface area contributed by atoms with Gasteiger partial charge < -0.3 is 10.1 Å². The first-order valence-corrected chi connectivity index (χ1v) is 6.56. The van der Waals surface area contributed by atoms with Gasteiger partial charge >= 0.3 is 0 Å². The van der Waals surface area contributed by atoms with Crippen LogP contribution in [0.4, 0.5) is 0 Å². The van der Waals surface area contributed by atoms with Crippen molar-refractivity contribution in [1.82, 2.24) is 14.6 Å². The Kier molecular flexibility index (Phi) is 4.32. The number of rotatable bonds is 2. The van der Waals surface area contributed by atoms with E-state index in [-0.39, 0.29) is 12.2 Å². The molecule has 2 N–H and O–H groups in total. The van der Waals surface area contributed by atoms with Gasteiger partial charge in [0, 0.05) is 0 Å². The maximum atomic E-state index is 11.9. The molecule has 20 heavy (non-hydrogen) atoms. The molecule has 0 atom stereocenters. The number of aromatic amines is 1. The van der Waals surface area contributed by atoms with Gasteiger partial charge in [-0.1, -0.05) is 44.2 Å². The fourth-order valence-corrected chi connectivity index (χ4v) is 1.90. The van der Waals surface area contributed by atoms with Crippen LogP contribution in [0.2, 0.25) is 0 Å². The van der Waals surface area contributed by atoms with Crippen LogP contribution in [0.25, 0.3) is 16.8 Å². The van der Waals surface area contributed by atoms with Gasteiger partial charge in [-0.15, -0.1) is 0 Å². The third-order valence-electron chi connectivity index (χ3n) is 2.77. The van der Waals surface area contributed by atoms with Crippen LogP contribution >= 0.6 is 0 Å². The van der Waals surface area contributed by atoms with E-state index >= 15 is 0 Å². The summed E-state index contributed by atoms with van der Waals surface area (Å²) in [5.41, 5.74) is 2.30. The number of aliphatic hydroxyl groups excluding tert-OH is 1. The first-order valence-electron chi connectivity index (χ1n) is 6.56. The Morgan fingerprint density at radius 3 is 2.60 bits per heavy atom. The van der Waals surface area contributed by atoms with E-state index in [0.717, 1.165) is 5.56 Å². The van der Waals surface area contributed by atoms with Crippen molar-refractivity contribution in [3.63, 3.8) is 0 Å². The number of benzene rings is 1. The van der Waals surface area contributed by atoms with E-state index in [9.17, 15) is 4.79 Å². The monoisotopic (exact) mass is 271 g/mol. The lowest BCUT2D eigenvalue weighted by atomic mass is 10.2. The molecular weight excluding hydrogens is 254 g/mol. The molecule has 0 aliphatic carbocycles. The van der Waals surface area contributed by atoms with E-state index in [4.69, 9.17) is 5.11 Å². The minimum absolute atomic E-state index is 0.179. The van der Waals surface area contributed by atoms with E-state index in [1.165, 1.54) is 4.52 Å². The number of aromatic nitrogens is 3. The quantitative estimate of drug-likeness (QED) is 0.750. The highest BCUT2D eigenvalue weighted by atomic mass is 16.3. The van der Waals surface area contributed by atoms with Gasteiger partial charge in [-0.05, 0) is 11.6 Å². The topological polar surface area (TPSA) is 70.4 Å². The summed E-state index contributed by atoms with van der Waals surface area (Å²) in [7, 11) is 0. The highest BCUT2D eigenvalue weighted by molar-refractivity contribution is 5.60. The first-order chi connectivity index (χ1) is 9.78. The molecule has 5 nitrogen and oxygen atoms in total. The first kappa shape index (κ1) is 14.0. The number of H-pyrrole nitrogens is 1. The molecule has 2 heterocycles. The average Bonchev–Trinajstić information content (AvgIpc) is 2.94. The number of hydrogen-bond acceptors (Lipinski definition) is 3. The zero-order chi connectivity index (χ0) is 14.5. The Balaban J connectivity index is 0.000000704. The fraction of sp³-hybridized carbons (Fsp3) is 0.200. The van der Waals surface area contributed by atoms with E-state index in [1.807, 2.05) is 44.2 Å². The van der Waals surface area contributed by atoms with Crippen molar-refractivity contribution >= 4 is 5.52 Å². The standard InChI is InChI=1S/C13H11N3O2.C2H6/c17-8-10-6-12-13(18)14-11(7-16(12)15-10)9-4-2-1-3-5-9;1-2/h1-7,17H,8H2,(H,14,18);1-2H3. The van der Waals surface area contributed by atoms with Gasteiger partial charge in [-0.25, -0.2) is 4.52 Å². The Hall–Kier alpha value is -2.40. The van der Waals surface area contributed by atoms with Crippen LogP contribution in [-0.2, 0) is 6.61 Å². The molecule has 0 amide bonds. The molecule has 5 heteroatoms. The van der Waals surface area contributed by atoms with Crippen LogP contribution in [-0.4, -0.2) is 19.7 Å². The predicted molar refractivity (Wildman–Crippen MR) is 78.5 cm³/mol. The van der Waals surface area contributed by atoms with Gasteiger partial charge in [-0.3, -0.25) is 4.79 Å². The van der Waals surface area contributed by atoms with Crippen LogP contribution in [0.1, 0.15) is 19.5 Å². The van der Waals surface area contributed by atoms with E-state index < -0.39 is 0 Å². The van der Waals surface area contributed by atoms with Crippen molar-refractivity contribution < 1.29 is 5.11 Å². The largest absolute Gasteiger partial charge is 0.390 e. The normalized spacial score (nSPS) is 10.2. The third kappa shape index (κ3) is 2.62. The molecule has 0 unspecified atom stereocenters. The van der Waals surface area contributed by atoms with Crippen molar-refractivity contribution in [3.8, 4) is 11.3 Å². The Morgan fingerprint density at radius 2 is 1.95 bits per heavy atom. The zero-order valence-electron chi connectivity index (χ0n) is 11.5. The zero-order valence-corrected chi connectivity index (χ0v) is 11.5. The number of nitrogens with zero attached hydrogens (tertiary/aromatic N) is 2. The van der Waals surface area contributed by atoms with Gasteiger partial charge in [0.15, 0.2) is 0 Å². The summed E-state index contributed by atoms with van der Waals surface area (Å²) in [4.78, 5) is 14.7. The molecular formula is C15H17N3O2.